The van der Waals surface area contributed by atoms with Gasteiger partial charge < -0.3 is 13.7 Å². The van der Waals surface area contributed by atoms with Crippen molar-refractivity contribution < 1.29 is 0 Å². The van der Waals surface area contributed by atoms with Crippen molar-refractivity contribution in [3.8, 4) is 28.2 Å². The Bertz CT molecular complexity index is 3110. The zero-order chi connectivity index (χ0) is 33.5. The van der Waals surface area contributed by atoms with Crippen molar-refractivity contribution in [2.75, 3.05) is 0 Å². The molecule has 236 valence electrons. The van der Waals surface area contributed by atoms with Gasteiger partial charge in [-0.3, -0.25) is 0 Å². The maximum absolute atomic E-state index is 3.14. The Morgan fingerprint density at radius 1 is 0.314 bits per heavy atom. The average molecular weight is 648 g/mol. The van der Waals surface area contributed by atoms with Gasteiger partial charge >= 0.3 is 0 Å². The molecule has 0 aliphatic heterocycles. The van der Waals surface area contributed by atoms with Crippen LogP contribution in [0.5, 0.6) is 0 Å². The van der Waals surface area contributed by atoms with Gasteiger partial charge in [0.05, 0.1) is 38.8 Å². The highest BCUT2D eigenvalue weighted by Gasteiger charge is 2.21. The van der Waals surface area contributed by atoms with Crippen LogP contribution < -0.4 is 0 Å². The van der Waals surface area contributed by atoms with E-state index < -0.39 is 0 Å². The van der Waals surface area contributed by atoms with E-state index in [9.17, 15) is 0 Å². The highest BCUT2D eigenvalue weighted by molar-refractivity contribution is 6.29. The van der Waals surface area contributed by atoms with Crippen molar-refractivity contribution in [1.29, 1.82) is 0 Å². The summed E-state index contributed by atoms with van der Waals surface area (Å²) in [5.41, 5.74) is 12.9. The number of hydrogen-bond donors (Lipinski definition) is 0. The van der Waals surface area contributed by atoms with Crippen LogP contribution in [0.1, 0.15) is 0 Å². The van der Waals surface area contributed by atoms with Crippen molar-refractivity contribution in [2.45, 2.75) is 0 Å². The summed E-state index contributed by atoms with van der Waals surface area (Å²) in [7, 11) is 0. The number of benzene rings is 7. The Morgan fingerprint density at radius 3 is 1.51 bits per heavy atom. The fraction of sp³-hybridized carbons (Fsp3) is 0. The smallest absolute Gasteiger partial charge is 0.0552 e. The minimum Gasteiger partial charge on any atom is -0.309 e. The maximum Gasteiger partial charge on any atom is 0.0552 e. The van der Waals surface area contributed by atoms with Gasteiger partial charge in [-0.1, -0.05) is 103 Å². The second-order valence-corrected chi connectivity index (χ2v) is 13.2. The van der Waals surface area contributed by atoms with Gasteiger partial charge in [-0.05, 0) is 90.0 Å². The van der Waals surface area contributed by atoms with Crippen LogP contribution in [0.4, 0.5) is 0 Å². The van der Waals surface area contributed by atoms with E-state index in [2.05, 4.69) is 190 Å². The maximum atomic E-state index is 3.14. The molecule has 0 aliphatic rings. The number of nitrogens with zero attached hydrogens (tertiary/aromatic N) is 3. The molecule has 51 heavy (non-hydrogen) atoms. The molecule has 0 spiro atoms. The lowest BCUT2D eigenvalue weighted by atomic mass is 10.00. The zero-order valence-electron chi connectivity index (χ0n) is 27.6. The number of fused-ring (bicyclic) bond motifs is 10. The molecule has 0 fully saturated rings. The highest BCUT2D eigenvalue weighted by Crippen LogP contribution is 2.43. The molecule has 0 N–H and O–H groups in total. The van der Waals surface area contributed by atoms with E-state index in [1.165, 1.54) is 76.5 Å². The molecule has 0 atom stereocenters. The van der Waals surface area contributed by atoms with E-state index in [1.807, 2.05) is 12.1 Å². The fourth-order valence-corrected chi connectivity index (χ4v) is 8.36. The summed E-state index contributed by atoms with van der Waals surface area (Å²) in [5, 5.41) is 7.53. The second-order valence-electron chi connectivity index (χ2n) is 13.2. The summed E-state index contributed by atoms with van der Waals surface area (Å²) in [6.45, 7) is 0. The quantitative estimate of drug-likeness (QED) is 0.181. The summed E-state index contributed by atoms with van der Waals surface area (Å²) in [6, 6.07) is 69.7. The van der Waals surface area contributed by atoms with E-state index >= 15 is 0 Å². The average Bonchev–Trinajstić information content (AvgIpc) is 3.84. The van der Waals surface area contributed by atoms with Crippen molar-refractivity contribution in [1.82, 2.24) is 13.7 Å². The van der Waals surface area contributed by atoms with E-state index in [0.29, 0.717) is 0 Å². The Labute approximate surface area is 294 Å². The van der Waals surface area contributed by atoms with Crippen molar-refractivity contribution in [3.63, 3.8) is 0 Å². The third-order valence-electron chi connectivity index (χ3n) is 10.5. The Morgan fingerprint density at radius 2 is 0.824 bits per heavy atom. The lowest BCUT2D eigenvalue weighted by Gasteiger charge is -2.10. The summed E-state index contributed by atoms with van der Waals surface area (Å²) in [4.78, 5) is 0. The molecular formula is C48H29N3. The third-order valence-corrected chi connectivity index (χ3v) is 10.5. The van der Waals surface area contributed by atoms with Crippen LogP contribution in [0.15, 0.2) is 176 Å². The van der Waals surface area contributed by atoms with Crippen LogP contribution >= 0.6 is 0 Å². The molecule has 3 nitrogen and oxygen atoms in total. The predicted molar refractivity (Wildman–Crippen MR) is 213 cm³/mol. The van der Waals surface area contributed by atoms with Gasteiger partial charge in [0.25, 0.3) is 0 Å². The van der Waals surface area contributed by atoms with E-state index in [1.54, 1.807) is 0 Å². The molecule has 3 aromatic heterocycles. The highest BCUT2D eigenvalue weighted by atomic mass is 15.0. The minimum absolute atomic E-state index is 1.08. The SMILES string of the molecule is c1ccc(-n2c3ccccc3c3cc(-c4ccc5c6c7c8ccccc8n(-c8ccccc8)c7ccc6n(-c6ccccc6)c5c4)ccc32)cc#1. The van der Waals surface area contributed by atoms with Gasteiger partial charge in [0, 0.05) is 49.8 Å². The molecule has 0 bridgehead atoms. The van der Waals surface area contributed by atoms with E-state index in [-0.39, 0.29) is 0 Å². The first-order valence-electron chi connectivity index (χ1n) is 17.4. The molecule has 0 radical (unpaired) electrons. The fourth-order valence-electron chi connectivity index (χ4n) is 8.36. The van der Waals surface area contributed by atoms with Gasteiger partial charge in [0.15, 0.2) is 0 Å². The summed E-state index contributed by atoms with van der Waals surface area (Å²) >= 11 is 0. The van der Waals surface area contributed by atoms with Crippen molar-refractivity contribution in [3.05, 3.63) is 188 Å². The normalized spacial score (nSPS) is 11.8. The predicted octanol–water partition coefficient (Wildman–Crippen LogP) is 12.2. The van der Waals surface area contributed by atoms with Gasteiger partial charge in [-0.2, -0.15) is 0 Å². The molecule has 8 aromatic carbocycles. The van der Waals surface area contributed by atoms with Crippen LogP contribution in [-0.4, -0.2) is 13.7 Å². The van der Waals surface area contributed by atoms with Crippen LogP contribution in [0.2, 0.25) is 0 Å². The van der Waals surface area contributed by atoms with E-state index in [4.69, 9.17) is 0 Å². The summed E-state index contributed by atoms with van der Waals surface area (Å²) in [6.07, 6.45) is 0. The molecular weight excluding hydrogens is 619 g/mol. The van der Waals surface area contributed by atoms with Gasteiger partial charge in [-0.15, -0.1) is 0 Å². The Kier molecular flexibility index (Phi) is 5.87. The van der Waals surface area contributed by atoms with Crippen molar-refractivity contribution in [2.24, 2.45) is 0 Å². The third kappa shape index (κ3) is 4.02. The summed E-state index contributed by atoms with van der Waals surface area (Å²) < 4.78 is 7.17. The monoisotopic (exact) mass is 647 g/mol. The first-order chi connectivity index (χ1) is 25.3. The molecule has 0 saturated carbocycles. The summed E-state index contributed by atoms with van der Waals surface area (Å²) in [5.74, 6) is 0. The van der Waals surface area contributed by atoms with Crippen LogP contribution in [0.3, 0.4) is 0 Å². The second kappa shape index (κ2) is 10.7. The molecule has 3 heteroatoms. The standard InChI is InChI=1S/C48H29N3/c1-4-14-34(15-5-1)49-41-22-12-10-20-37(41)40-30-32(25-27-43(40)49)33-24-26-39-46(31-33)51(36-18-8-3-9-19-36)45-29-28-44-47(48(39)45)38-21-11-13-23-42(38)50(44)35-16-6-2-7-17-35/h2-4,6-31H. The largest absolute Gasteiger partial charge is 0.309 e. The Hall–Kier alpha value is -7.02. The Balaban J connectivity index is 1.20. The molecule has 3 heterocycles. The molecule has 0 amide bonds. The number of aromatic nitrogens is 3. The number of hydrogen-bond acceptors (Lipinski definition) is 0. The first kappa shape index (κ1) is 27.9. The topological polar surface area (TPSA) is 14.8 Å². The molecule has 0 unspecified atom stereocenters. The van der Waals surface area contributed by atoms with Crippen LogP contribution in [-0.2, 0) is 0 Å². The number of rotatable bonds is 4. The number of para-hydroxylation sites is 4. The van der Waals surface area contributed by atoms with Gasteiger partial charge in [0.2, 0.25) is 0 Å². The van der Waals surface area contributed by atoms with Gasteiger partial charge in [0.1, 0.15) is 0 Å². The van der Waals surface area contributed by atoms with Crippen molar-refractivity contribution >= 4 is 65.4 Å². The lowest BCUT2D eigenvalue weighted by molar-refractivity contribution is 1.17. The molecule has 0 aliphatic carbocycles. The first-order valence-corrected chi connectivity index (χ1v) is 17.4. The van der Waals surface area contributed by atoms with Crippen LogP contribution in [0.25, 0.3) is 93.6 Å². The molecule has 11 rings (SSSR count). The molecule has 0 saturated heterocycles. The lowest BCUT2D eigenvalue weighted by Crippen LogP contribution is -1.94. The molecule has 11 aromatic rings. The zero-order valence-corrected chi connectivity index (χ0v) is 27.6. The van der Waals surface area contributed by atoms with E-state index in [0.717, 1.165) is 17.1 Å². The van der Waals surface area contributed by atoms with Gasteiger partial charge in [-0.25, -0.2) is 0 Å². The minimum atomic E-state index is 1.08. The van der Waals surface area contributed by atoms with Crippen LogP contribution in [0, 0.1) is 12.1 Å².